The summed E-state index contributed by atoms with van der Waals surface area (Å²) in [6, 6.07) is 22.7. The minimum absolute atomic E-state index is 0.115. The second kappa shape index (κ2) is 11.3. The summed E-state index contributed by atoms with van der Waals surface area (Å²) >= 11 is 13.5. The van der Waals surface area contributed by atoms with Gasteiger partial charge in [-0.1, -0.05) is 79.1 Å². The molecule has 4 rings (SSSR count). The molecule has 3 aromatic carbocycles. The van der Waals surface area contributed by atoms with Crippen LogP contribution in [0.1, 0.15) is 54.5 Å². The van der Waals surface area contributed by atoms with Crippen molar-refractivity contribution in [3.63, 3.8) is 0 Å². The van der Waals surface area contributed by atoms with Crippen molar-refractivity contribution in [3.8, 4) is 11.4 Å². The van der Waals surface area contributed by atoms with Crippen LogP contribution in [0.4, 0.5) is 0 Å². The fraction of sp³-hybridized carbons (Fsp3) is 0.222. The van der Waals surface area contributed by atoms with E-state index in [1.807, 2.05) is 54.0 Å². The smallest absolute Gasteiger partial charge is 0.196 e. The molecule has 8 heteroatoms. The first-order valence-corrected chi connectivity index (χ1v) is 13.0. The summed E-state index contributed by atoms with van der Waals surface area (Å²) in [4.78, 5) is 12.8. The fourth-order valence-electron chi connectivity index (χ4n) is 3.57. The number of aromatic nitrogens is 3. The first kappa shape index (κ1) is 25.3. The molecule has 180 valence electrons. The zero-order valence-electron chi connectivity index (χ0n) is 19.6. The Morgan fingerprint density at radius 1 is 0.971 bits per heavy atom. The van der Waals surface area contributed by atoms with Crippen LogP contribution >= 0.6 is 35.0 Å². The van der Waals surface area contributed by atoms with E-state index < -0.39 is 0 Å². The average Bonchev–Trinajstić information content (AvgIpc) is 3.27. The molecular formula is C27H25Cl2N3O2S. The molecule has 1 aromatic heterocycles. The van der Waals surface area contributed by atoms with Crippen molar-refractivity contribution in [1.29, 1.82) is 0 Å². The van der Waals surface area contributed by atoms with E-state index in [9.17, 15) is 4.79 Å². The molecule has 1 unspecified atom stereocenters. The van der Waals surface area contributed by atoms with Gasteiger partial charge in [0.2, 0.25) is 0 Å². The Hall–Kier alpha value is -2.80. The van der Waals surface area contributed by atoms with Gasteiger partial charge in [-0.3, -0.25) is 9.36 Å². The molecule has 0 aliphatic rings. The monoisotopic (exact) mass is 525 g/mol. The van der Waals surface area contributed by atoms with Gasteiger partial charge in [0.15, 0.2) is 22.9 Å². The van der Waals surface area contributed by atoms with Crippen LogP contribution in [0.25, 0.3) is 5.69 Å². The normalized spacial score (nSPS) is 12.1. The molecule has 1 heterocycles. The van der Waals surface area contributed by atoms with Crippen molar-refractivity contribution in [1.82, 2.24) is 14.8 Å². The van der Waals surface area contributed by atoms with E-state index in [-0.39, 0.29) is 17.6 Å². The molecule has 5 nitrogen and oxygen atoms in total. The number of benzene rings is 3. The molecular weight excluding hydrogens is 501 g/mol. The van der Waals surface area contributed by atoms with Crippen LogP contribution in [-0.4, -0.2) is 26.3 Å². The molecule has 0 radical (unpaired) electrons. The van der Waals surface area contributed by atoms with Gasteiger partial charge < -0.3 is 4.74 Å². The highest BCUT2D eigenvalue weighted by atomic mass is 35.5. The topological polar surface area (TPSA) is 57.0 Å². The Kier molecular flexibility index (Phi) is 8.16. The van der Waals surface area contributed by atoms with E-state index in [1.54, 1.807) is 18.2 Å². The number of ether oxygens (including phenoxy) is 1. The predicted octanol–water partition coefficient (Wildman–Crippen LogP) is 7.81. The van der Waals surface area contributed by atoms with Crippen LogP contribution in [0.3, 0.4) is 0 Å². The molecule has 4 aromatic rings. The highest BCUT2D eigenvalue weighted by Crippen LogP contribution is 2.30. The number of carbonyl (C=O) groups excluding carboxylic acids is 1. The molecule has 0 bridgehead atoms. The Balaban J connectivity index is 1.58. The standard InChI is InChI=1S/C27H25Cl2N3O2S/c1-17(2)19-9-12-22(13-10-19)34-18(3)26-30-31-27(32(26)21-7-5-4-6-8-21)35-16-25(33)23-14-11-20(28)15-24(23)29/h4-15,17-18H,16H2,1-3H3. The van der Waals surface area contributed by atoms with E-state index in [1.165, 1.54) is 17.3 Å². The molecule has 35 heavy (non-hydrogen) atoms. The lowest BCUT2D eigenvalue weighted by atomic mass is 10.0. The van der Waals surface area contributed by atoms with E-state index in [4.69, 9.17) is 27.9 Å². The number of Topliss-reactive ketones (excluding diaryl/α,β-unsaturated/α-hetero) is 1. The summed E-state index contributed by atoms with van der Waals surface area (Å²) in [5, 5.41) is 10.2. The lowest BCUT2D eigenvalue weighted by Gasteiger charge is -2.17. The summed E-state index contributed by atoms with van der Waals surface area (Å²) in [7, 11) is 0. The van der Waals surface area contributed by atoms with E-state index >= 15 is 0 Å². The first-order chi connectivity index (χ1) is 16.8. The fourth-order valence-corrected chi connectivity index (χ4v) is 4.93. The summed E-state index contributed by atoms with van der Waals surface area (Å²) in [5.41, 5.74) is 2.57. The molecule has 1 atom stereocenters. The number of halogens is 2. The number of rotatable bonds is 9. The van der Waals surface area contributed by atoms with Crippen molar-refractivity contribution in [3.05, 3.63) is 99.8 Å². The van der Waals surface area contributed by atoms with Crippen molar-refractivity contribution in [2.24, 2.45) is 0 Å². The highest BCUT2D eigenvalue weighted by Gasteiger charge is 2.22. The van der Waals surface area contributed by atoms with Gasteiger partial charge in [0.25, 0.3) is 0 Å². The van der Waals surface area contributed by atoms with Gasteiger partial charge >= 0.3 is 0 Å². The van der Waals surface area contributed by atoms with Crippen LogP contribution in [0.15, 0.2) is 78.0 Å². The summed E-state index contributed by atoms with van der Waals surface area (Å²) in [6.45, 7) is 6.25. The van der Waals surface area contributed by atoms with Gasteiger partial charge in [-0.25, -0.2) is 0 Å². The SMILES string of the molecule is CC(C)c1ccc(OC(C)c2nnc(SCC(=O)c3ccc(Cl)cc3Cl)n2-c2ccccc2)cc1. The number of ketones is 1. The van der Waals surface area contributed by atoms with E-state index in [0.717, 1.165) is 11.4 Å². The predicted molar refractivity (Wildman–Crippen MR) is 142 cm³/mol. The molecule has 0 amide bonds. The zero-order valence-corrected chi connectivity index (χ0v) is 21.9. The number of hydrogen-bond acceptors (Lipinski definition) is 5. The van der Waals surface area contributed by atoms with Crippen LogP contribution in [0, 0.1) is 0 Å². The molecule has 0 fully saturated rings. The third kappa shape index (κ3) is 6.07. The Morgan fingerprint density at radius 3 is 2.34 bits per heavy atom. The van der Waals surface area contributed by atoms with Crippen LogP contribution in [0.2, 0.25) is 10.0 Å². The number of carbonyl (C=O) groups is 1. The quantitative estimate of drug-likeness (QED) is 0.164. The van der Waals surface area contributed by atoms with Crippen molar-refractivity contribution >= 4 is 40.7 Å². The van der Waals surface area contributed by atoms with Crippen LogP contribution in [-0.2, 0) is 0 Å². The van der Waals surface area contributed by atoms with Crippen molar-refractivity contribution < 1.29 is 9.53 Å². The lowest BCUT2D eigenvalue weighted by molar-refractivity contribution is 0.102. The lowest BCUT2D eigenvalue weighted by Crippen LogP contribution is -2.12. The van der Waals surface area contributed by atoms with Crippen LogP contribution in [0.5, 0.6) is 5.75 Å². The Labute approximate surface area is 219 Å². The second-order valence-corrected chi connectivity index (χ2v) is 10.1. The van der Waals surface area contributed by atoms with Gasteiger partial charge in [0.1, 0.15) is 5.75 Å². The number of para-hydroxylation sites is 1. The molecule has 0 saturated heterocycles. The van der Waals surface area contributed by atoms with Gasteiger partial charge in [-0.15, -0.1) is 10.2 Å². The molecule has 0 aliphatic carbocycles. The first-order valence-electron chi connectivity index (χ1n) is 11.2. The second-order valence-electron chi connectivity index (χ2n) is 8.33. The van der Waals surface area contributed by atoms with Gasteiger partial charge in [-0.2, -0.15) is 0 Å². The molecule has 0 saturated carbocycles. The summed E-state index contributed by atoms with van der Waals surface area (Å²) < 4.78 is 8.13. The third-order valence-corrected chi connectivity index (χ3v) is 6.94. The molecule has 0 aliphatic heterocycles. The maximum atomic E-state index is 12.8. The minimum Gasteiger partial charge on any atom is -0.483 e. The minimum atomic E-state index is -0.372. The summed E-state index contributed by atoms with van der Waals surface area (Å²) in [6.07, 6.45) is -0.372. The van der Waals surface area contributed by atoms with Crippen molar-refractivity contribution in [2.75, 3.05) is 5.75 Å². The Morgan fingerprint density at radius 2 is 1.69 bits per heavy atom. The number of thioether (sulfide) groups is 1. The van der Waals surface area contributed by atoms with E-state index in [2.05, 4.69) is 36.2 Å². The van der Waals surface area contributed by atoms with Crippen molar-refractivity contribution in [2.45, 2.75) is 37.9 Å². The molecule has 0 spiro atoms. The maximum Gasteiger partial charge on any atom is 0.196 e. The van der Waals surface area contributed by atoms with Crippen LogP contribution < -0.4 is 4.74 Å². The Bertz CT molecular complexity index is 1310. The summed E-state index contributed by atoms with van der Waals surface area (Å²) in [5.74, 6) is 1.89. The molecule has 0 N–H and O–H groups in total. The van der Waals surface area contributed by atoms with Gasteiger partial charge in [0.05, 0.1) is 10.8 Å². The van der Waals surface area contributed by atoms with E-state index in [0.29, 0.717) is 32.5 Å². The van der Waals surface area contributed by atoms with Gasteiger partial charge in [-0.05, 0) is 60.9 Å². The average molecular weight is 526 g/mol. The van der Waals surface area contributed by atoms with Gasteiger partial charge in [0, 0.05) is 16.3 Å². The highest BCUT2D eigenvalue weighted by molar-refractivity contribution is 7.99. The zero-order chi connectivity index (χ0) is 24.9. The number of nitrogens with zero attached hydrogens (tertiary/aromatic N) is 3. The number of hydrogen-bond donors (Lipinski definition) is 0. The maximum absolute atomic E-state index is 12.8. The third-order valence-electron chi connectivity index (χ3n) is 5.46. The largest absolute Gasteiger partial charge is 0.483 e.